The minimum Gasteiger partial charge on any atom is -0.465 e. The highest BCUT2D eigenvalue weighted by Gasteiger charge is 2.39. The topological polar surface area (TPSA) is 156 Å². The normalized spacial score (nSPS) is 16.6. The fourth-order valence-electron chi connectivity index (χ4n) is 8.75. The van der Waals surface area contributed by atoms with Crippen molar-refractivity contribution in [1.82, 2.24) is 34.6 Å². The van der Waals surface area contributed by atoms with E-state index in [1.54, 1.807) is 71.8 Å². The lowest BCUT2D eigenvalue weighted by Gasteiger charge is -2.32. The summed E-state index contributed by atoms with van der Waals surface area (Å²) in [6.45, 7) is 1.12. The first-order valence-corrected chi connectivity index (χ1v) is 20.9. The fraction of sp³-hybridized carbons (Fsp3) is 0.200. The van der Waals surface area contributed by atoms with Gasteiger partial charge in [0.15, 0.2) is 5.78 Å². The number of likely N-dealkylation sites (tertiary alicyclic amines) is 2. The molecule has 0 aliphatic carbocycles. The molecule has 12 nitrogen and oxygen atoms in total. The number of hydrogen-bond donors (Lipinski definition) is 3. The number of carbonyl (C=O) groups is 4. The van der Waals surface area contributed by atoms with E-state index in [9.17, 15) is 24.3 Å². The maximum Gasteiger partial charge on any atom is 0.407 e. The van der Waals surface area contributed by atoms with Crippen molar-refractivity contribution in [3.63, 3.8) is 0 Å². The Balaban J connectivity index is 0.854. The molecule has 0 bridgehead atoms. The van der Waals surface area contributed by atoms with Gasteiger partial charge in [0, 0.05) is 36.8 Å². The first-order valence-electron chi connectivity index (χ1n) is 20.9. The number of H-pyrrole nitrogens is 2. The second kappa shape index (κ2) is 17.2. The molecule has 9 rings (SSSR count). The van der Waals surface area contributed by atoms with Gasteiger partial charge in [-0.25, -0.2) is 14.8 Å². The van der Waals surface area contributed by atoms with Crippen LogP contribution in [0.4, 0.5) is 4.79 Å². The van der Waals surface area contributed by atoms with Gasteiger partial charge >= 0.3 is 6.09 Å². The SMILES string of the molecule is CN(C(=O)O)[C@@H](C(=O)N1CCC[C@H]1c1ncc(-c2ccc(-c3ccc(-c4cnc([C@@H]5CCCN5C(=O)c5cccc(C(=O)c6ccccc6)c5)[nH]4)cc3)cc2)[nH]1)c1ccccc1. The summed E-state index contributed by atoms with van der Waals surface area (Å²) in [5.41, 5.74) is 7.87. The number of rotatable bonds is 11. The lowest BCUT2D eigenvalue weighted by atomic mass is 10.0. The molecule has 3 atom stereocenters. The number of amides is 3. The minimum atomic E-state index is -1.17. The highest BCUT2D eigenvalue weighted by atomic mass is 16.4. The molecule has 2 aromatic heterocycles. The van der Waals surface area contributed by atoms with Crippen molar-refractivity contribution in [3.8, 4) is 33.6 Å². The monoisotopic (exact) mass is 823 g/mol. The molecule has 2 saturated heterocycles. The molecule has 0 saturated carbocycles. The lowest BCUT2D eigenvalue weighted by Crippen LogP contribution is -2.43. The molecule has 2 aliphatic heterocycles. The van der Waals surface area contributed by atoms with Crippen molar-refractivity contribution in [2.45, 2.75) is 43.8 Å². The van der Waals surface area contributed by atoms with Gasteiger partial charge in [-0.05, 0) is 65.6 Å². The molecule has 12 heteroatoms. The lowest BCUT2D eigenvalue weighted by molar-refractivity contribution is -0.137. The number of aromatic amines is 2. The van der Waals surface area contributed by atoms with Gasteiger partial charge in [0.1, 0.15) is 17.7 Å². The van der Waals surface area contributed by atoms with E-state index in [0.29, 0.717) is 41.2 Å². The van der Waals surface area contributed by atoms with E-state index in [1.165, 1.54) is 7.05 Å². The Hall–Kier alpha value is -7.60. The van der Waals surface area contributed by atoms with Crippen molar-refractivity contribution in [3.05, 3.63) is 180 Å². The van der Waals surface area contributed by atoms with Crippen molar-refractivity contribution in [2.75, 3.05) is 20.1 Å². The number of carbonyl (C=O) groups excluding carboxylic acids is 3. The van der Waals surface area contributed by atoms with E-state index < -0.39 is 12.1 Å². The molecule has 0 unspecified atom stereocenters. The van der Waals surface area contributed by atoms with Crippen molar-refractivity contribution < 1.29 is 24.3 Å². The van der Waals surface area contributed by atoms with Crippen molar-refractivity contribution in [1.29, 1.82) is 0 Å². The summed E-state index contributed by atoms with van der Waals surface area (Å²) in [5, 5.41) is 9.81. The number of nitrogens with zero attached hydrogens (tertiary/aromatic N) is 5. The molecule has 7 aromatic rings. The summed E-state index contributed by atoms with van der Waals surface area (Å²) in [6.07, 6.45) is 5.58. The zero-order valence-electron chi connectivity index (χ0n) is 34.1. The largest absolute Gasteiger partial charge is 0.465 e. The maximum atomic E-state index is 14.0. The van der Waals surface area contributed by atoms with Crippen LogP contribution in [0.3, 0.4) is 0 Å². The van der Waals surface area contributed by atoms with Gasteiger partial charge in [-0.1, -0.05) is 121 Å². The zero-order valence-corrected chi connectivity index (χ0v) is 34.1. The molecule has 0 spiro atoms. The van der Waals surface area contributed by atoms with Crippen LogP contribution in [0, 0.1) is 0 Å². The smallest absolute Gasteiger partial charge is 0.407 e. The summed E-state index contributed by atoms with van der Waals surface area (Å²) in [5.74, 6) is 0.899. The van der Waals surface area contributed by atoms with Crippen LogP contribution in [0.25, 0.3) is 33.6 Å². The molecule has 3 amide bonds. The molecule has 2 fully saturated rings. The number of aromatic nitrogens is 4. The van der Waals surface area contributed by atoms with Crippen LogP contribution < -0.4 is 0 Å². The summed E-state index contributed by atoms with van der Waals surface area (Å²) in [6, 6.07) is 40.1. The second-order valence-corrected chi connectivity index (χ2v) is 15.8. The number of benzene rings is 5. The summed E-state index contributed by atoms with van der Waals surface area (Å²) >= 11 is 0. The second-order valence-electron chi connectivity index (χ2n) is 15.8. The number of ketones is 1. The number of hydrogen-bond acceptors (Lipinski definition) is 6. The summed E-state index contributed by atoms with van der Waals surface area (Å²) in [4.78, 5) is 73.9. The third-order valence-corrected chi connectivity index (χ3v) is 12.0. The van der Waals surface area contributed by atoms with E-state index in [2.05, 4.69) is 46.4 Å². The number of nitrogens with one attached hydrogen (secondary N) is 2. The van der Waals surface area contributed by atoms with Gasteiger partial charge in [-0.15, -0.1) is 0 Å². The van der Waals surface area contributed by atoms with E-state index in [1.807, 2.05) is 47.5 Å². The Morgan fingerprint density at radius 3 is 1.66 bits per heavy atom. The third kappa shape index (κ3) is 7.90. The predicted octanol–water partition coefficient (Wildman–Crippen LogP) is 9.36. The van der Waals surface area contributed by atoms with E-state index in [-0.39, 0.29) is 29.7 Å². The standard InChI is InChI=1S/C50H45N7O5/c1-55(50(61)62)44(36-11-4-2-5-12-36)49(60)57-28-10-18-43(57)47-52-31-41(54-47)35-25-21-33(22-26-35)32-19-23-34(24-20-32)40-30-51-46(53-40)42-17-9-27-56(42)48(59)39-16-8-15-38(29-39)45(58)37-13-6-3-7-14-37/h2-8,11-16,19-26,29-31,42-44H,9-10,17-18,27-28H2,1H3,(H,51,53)(H,52,54)(H,61,62)/t42-,43-,44+/m0/s1. The Labute approximate surface area is 358 Å². The van der Waals surface area contributed by atoms with E-state index >= 15 is 0 Å². The molecule has 5 aromatic carbocycles. The molecule has 3 N–H and O–H groups in total. The first-order chi connectivity index (χ1) is 30.2. The molecular weight excluding hydrogens is 779 g/mol. The van der Waals surface area contributed by atoms with Crippen molar-refractivity contribution in [2.24, 2.45) is 0 Å². The molecule has 4 heterocycles. The van der Waals surface area contributed by atoms with Gasteiger partial charge in [0.05, 0.1) is 35.9 Å². The van der Waals surface area contributed by atoms with Crippen LogP contribution in [-0.4, -0.2) is 83.6 Å². The molecule has 310 valence electrons. The molecule has 0 radical (unpaired) electrons. The van der Waals surface area contributed by atoms with Crippen LogP contribution in [0.2, 0.25) is 0 Å². The Kier molecular flexibility index (Phi) is 11.0. The number of imidazole rings is 2. The zero-order chi connectivity index (χ0) is 42.7. The Bertz CT molecular complexity index is 2730. The minimum absolute atomic E-state index is 0.118. The quantitative estimate of drug-likeness (QED) is 0.110. The van der Waals surface area contributed by atoms with Gasteiger partial charge in [0.2, 0.25) is 0 Å². The average molecular weight is 824 g/mol. The van der Waals surface area contributed by atoms with E-state index in [4.69, 9.17) is 9.97 Å². The number of likely N-dealkylation sites (N-methyl/N-ethyl adjacent to an activating group) is 1. The van der Waals surface area contributed by atoms with Crippen LogP contribution in [-0.2, 0) is 4.79 Å². The molecule has 2 aliphatic rings. The Morgan fingerprint density at radius 1 is 0.613 bits per heavy atom. The van der Waals surface area contributed by atoms with Crippen LogP contribution >= 0.6 is 0 Å². The molecule has 62 heavy (non-hydrogen) atoms. The van der Waals surface area contributed by atoms with Gasteiger partial charge in [-0.2, -0.15) is 0 Å². The van der Waals surface area contributed by atoms with Crippen LogP contribution in [0.15, 0.2) is 146 Å². The van der Waals surface area contributed by atoms with Gasteiger partial charge in [0.25, 0.3) is 11.8 Å². The van der Waals surface area contributed by atoms with Gasteiger partial charge in [-0.3, -0.25) is 19.3 Å². The summed E-state index contributed by atoms with van der Waals surface area (Å²) < 4.78 is 0. The fourth-order valence-corrected chi connectivity index (χ4v) is 8.75. The average Bonchev–Trinajstić information content (AvgIpc) is 4.17. The highest BCUT2D eigenvalue weighted by Crippen LogP contribution is 2.37. The van der Waals surface area contributed by atoms with Crippen LogP contribution in [0.1, 0.15) is 87.3 Å². The predicted molar refractivity (Wildman–Crippen MR) is 235 cm³/mol. The maximum absolute atomic E-state index is 14.0. The highest BCUT2D eigenvalue weighted by molar-refractivity contribution is 6.10. The summed E-state index contributed by atoms with van der Waals surface area (Å²) in [7, 11) is 1.43. The first kappa shape index (κ1) is 39.8. The van der Waals surface area contributed by atoms with Gasteiger partial charge < -0.3 is 24.9 Å². The number of carboxylic acid groups (broad SMARTS) is 1. The van der Waals surface area contributed by atoms with Crippen molar-refractivity contribution >= 4 is 23.7 Å². The third-order valence-electron chi connectivity index (χ3n) is 12.0. The van der Waals surface area contributed by atoms with E-state index in [0.717, 1.165) is 70.0 Å². The van der Waals surface area contributed by atoms with Crippen LogP contribution in [0.5, 0.6) is 0 Å². The molecular formula is C50H45N7O5. The Morgan fingerprint density at radius 2 is 1.10 bits per heavy atom.